The van der Waals surface area contributed by atoms with Crippen molar-refractivity contribution in [2.24, 2.45) is 11.8 Å². The van der Waals surface area contributed by atoms with Crippen LogP contribution in [-0.2, 0) is 37.2 Å². The lowest BCUT2D eigenvalue weighted by Gasteiger charge is -2.43. The zero-order valence-electron chi connectivity index (χ0n) is 23.2. The van der Waals surface area contributed by atoms with Crippen LogP contribution in [-0.4, -0.2) is 58.7 Å². The van der Waals surface area contributed by atoms with Gasteiger partial charge in [-0.1, -0.05) is 18.9 Å². The quantitative estimate of drug-likeness (QED) is 0.297. The molecule has 2 fully saturated rings. The molecule has 1 saturated carbocycles. The lowest BCUT2D eigenvalue weighted by Crippen LogP contribution is -2.52. The normalized spacial score (nSPS) is 22.2. The van der Waals surface area contributed by atoms with Crippen LogP contribution >= 0.6 is 0 Å². The van der Waals surface area contributed by atoms with Crippen molar-refractivity contribution >= 4 is 33.2 Å². The number of hydrogen-bond acceptors (Lipinski definition) is 8. The summed E-state index contributed by atoms with van der Waals surface area (Å²) < 4.78 is 47.2. The maximum atomic E-state index is 14.8. The highest BCUT2D eigenvalue weighted by Gasteiger charge is 2.51. The van der Waals surface area contributed by atoms with E-state index in [2.05, 4.69) is 15.1 Å². The van der Waals surface area contributed by atoms with Crippen LogP contribution in [0, 0.1) is 31.5 Å². The van der Waals surface area contributed by atoms with Crippen LogP contribution in [0.5, 0.6) is 0 Å². The van der Waals surface area contributed by atoms with Crippen molar-refractivity contribution in [3.05, 3.63) is 52.9 Å². The Morgan fingerprint density at radius 2 is 1.88 bits per heavy atom. The summed E-state index contributed by atoms with van der Waals surface area (Å²) in [5.74, 6) is -1.58. The van der Waals surface area contributed by atoms with Crippen molar-refractivity contribution in [2.75, 3.05) is 17.6 Å². The predicted octanol–water partition coefficient (Wildman–Crippen LogP) is 3.51. The molecule has 10 nitrogen and oxygen atoms in total. The zero-order chi connectivity index (χ0) is 28.8. The third-order valence-electron chi connectivity index (χ3n) is 8.28. The number of cyclic esters (lactones) is 1. The fourth-order valence-electron chi connectivity index (χ4n) is 6.05. The number of esters is 1. The molecular formula is C28H34FN5O5S. The third-order valence-corrected chi connectivity index (χ3v) is 9.48. The SMILES string of the molecule is Cc1cc(C)n2nc(CC3C(=O)CC(CCc4ccc(N(C)S(C)(=O)=O)c(F)c4)(C4CCCC4)OC3=O)nc2n1. The first kappa shape index (κ1) is 28.1. The average Bonchev–Trinajstić information content (AvgIpc) is 3.55. The molecule has 0 N–H and O–H groups in total. The predicted molar refractivity (Wildman–Crippen MR) is 146 cm³/mol. The van der Waals surface area contributed by atoms with Crippen LogP contribution in [0.3, 0.4) is 0 Å². The Balaban J connectivity index is 1.34. The molecule has 0 amide bonds. The van der Waals surface area contributed by atoms with Gasteiger partial charge in [0.15, 0.2) is 11.6 Å². The Morgan fingerprint density at radius 1 is 1.15 bits per heavy atom. The van der Waals surface area contributed by atoms with Gasteiger partial charge in [-0.05, 0) is 69.2 Å². The number of fused-ring (bicyclic) bond motifs is 1. The molecule has 5 rings (SSSR count). The maximum absolute atomic E-state index is 14.8. The topological polar surface area (TPSA) is 124 Å². The summed E-state index contributed by atoms with van der Waals surface area (Å²) in [5, 5.41) is 4.46. The third kappa shape index (κ3) is 5.45. The number of ketones is 1. The number of carbonyl (C=O) groups excluding carboxylic acids is 2. The molecule has 0 spiro atoms. The van der Waals surface area contributed by atoms with Gasteiger partial charge in [0.2, 0.25) is 10.0 Å². The molecular weight excluding hydrogens is 537 g/mol. The number of rotatable bonds is 8. The highest BCUT2D eigenvalue weighted by molar-refractivity contribution is 7.92. The summed E-state index contributed by atoms with van der Waals surface area (Å²) >= 11 is 0. The molecule has 2 aromatic heterocycles. The number of ether oxygens (including phenoxy) is 1. The monoisotopic (exact) mass is 571 g/mol. The lowest BCUT2D eigenvalue weighted by molar-refractivity contribution is -0.185. The number of hydrogen-bond donors (Lipinski definition) is 0. The first-order chi connectivity index (χ1) is 18.9. The van der Waals surface area contributed by atoms with Gasteiger partial charge in [-0.2, -0.15) is 4.98 Å². The smallest absolute Gasteiger partial charge is 0.317 e. The van der Waals surface area contributed by atoms with E-state index in [0.717, 1.165) is 47.6 Å². The second kappa shape index (κ2) is 10.5. The minimum Gasteiger partial charge on any atom is -0.458 e. The average molecular weight is 572 g/mol. The molecule has 2 aliphatic rings. The van der Waals surface area contributed by atoms with E-state index in [4.69, 9.17) is 4.74 Å². The first-order valence-corrected chi connectivity index (χ1v) is 15.4. The lowest BCUT2D eigenvalue weighted by atomic mass is 9.73. The second-order valence-electron chi connectivity index (χ2n) is 11.2. The number of aryl methyl sites for hydroxylation is 3. The Bertz CT molecular complexity index is 1560. The highest BCUT2D eigenvalue weighted by atomic mass is 32.2. The van der Waals surface area contributed by atoms with E-state index in [1.807, 2.05) is 19.9 Å². The number of aromatic nitrogens is 4. The molecule has 3 aromatic rings. The maximum Gasteiger partial charge on any atom is 0.317 e. The van der Waals surface area contributed by atoms with Gasteiger partial charge in [0.05, 0.1) is 11.9 Å². The Hall–Kier alpha value is -3.41. The van der Waals surface area contributed by atoms with Gasteiger partial charge in [0.25, 0.3) is 5.78 Å². The van der Waals surface area contributed by atoms with Crippen molar-refractivity contribution in [1.29, 1.82) is 0 Å². The molecule has 1 aliphatic heterocycles. The largest absolute Gasteiger partial charge is 0.458 e. The highest BCUT2D eigenvalue weighted by Crippen LogP contribution is 2.45. The minimum absolute atomic E-state index is 0.0417. The van der Waals surface area contributed by atoms with E-state index in [-0.39, 0.29) is 30.2 Å². The molecule has 12 heteroatoms. The molecule has 1 aromatic carbocycles. The van der Waals surface area contributed by atoms with E-state index in [1.54, 1.807) is 10.6 Å². The first-order valence-electron chi connectivity index (χ1n) is 13.5. The summed E-state index contributed by atoms with van der Waals surface area (Å²) in [7, 11) is -2.31. The summed E-state index contributed by atoms with van der Waals surface area (Å²) in [5.41, 5.74) is 1.29. The molecule has 0 radical (unpaired) electrons. The van der Waals surface area contributed by atoms with E-state index < -0.39 is 33.3 Å². The minimum atomic E-state index is -3.61. The van der Waals surface area contributed by atoms with Crippen molar-refractivity contribution in [3.63, 3.8) is 0 Å². The van der Waals surface area contributed by atoms with Crippen molar-refractivity contribution in [2.45, 2.75) is 70.8 Å². The van der Waals surface area contributed by atoms with Crippen molar-refractivity contribution in [1.82, 2.24) is 19.6 Å². The number of sulfonamides is 1. The second-order valence-corrected chi connectivity index (χ2v) is 13.2. The van der Waals surface area contributed by atoms with Gasteiger partial charge >= 0.3 is 5.97 Å². The van der Waals surface area contributed by atoms with Crippen LogP contribution in [0.25, 0.3) is 5.78 Å². The van der Waals surface area contributed by atoms with Gasteiger partial charge in [-0.15, -0.1) is 5.10 Å². The fraction of sp³-hybridized carbons (Fsp3) is 0.536. The summed E-state index contributed by atoms with van der Waals surface area (Å²) in [6.07, 6.45) is 5.61. The van der Waals surface area contributed by atoms with Gasteiger partial charge in [0, 0.05) is 31.3 Å². The standard InChI is InChI=1S/C28H34FN5O5S/c1-17-13-18(2)34-27(30-17)31-25(32-34)15-21-24(35)16-28(39-26(21)36,20-7-5-6-8-20)12-11-19-9-10-23(22(29)14-19)33(3)40(4,37)38/h9-10,13-14,20-21H,5-8,11-12,15-16H2,1-4H3. The van der Waals surface area contributed by atoms with Crippen molar-refractivity contribution < 1.29 is 27.1 Å². The molecule has 2 atom stereocenters. The van der Waals surface area contributed by atoms with E-state index in [0.29, 0.717) is 30.0 Å². The van der Waals surface area contributed by atoms with Crippen molar-refractivity contribution in [3.8, 4) is 0 Å². The molecule has 40 heavy (non-hydrogen) atoms. The van der Waals surface area contributed by atoms with E-state index in [9.17, 15) is 22.4 Å². The Morgan fingerprint density at radius 3 is 2.52 bits per heavy atom. The van der Waals surface area contributed by atoms with Gasteiger partial charge < -0.3 is 4.74 Å². The number of anilines is 1. The van der Waals surface area contributed by atoms with Crippen LogP contribution < -0.4 is 4.31 Å². The molecule has 3 heterocycles. The molecule has 2 unspecified atom stereocenters. The van der Waals surface area contributed by atoms with Crippen LogP contribution in [0.15, 0.2) is 24.3 Å². The van der Waals surface area contributed by atoms with Gasteiger partial charge in [-0.25, -0.2) is 22.3 Å². The Kier molecular flexibility index (Phi) is 7.41. The van der Waals surface area contributed by atoms with E-state index >= 15 is 0 Å². The number of carbonyl (C=O) groups is 2. The summed E-state index contributed by atoms with van der Waals surface area (Å²) in [6, 6.07) is 6.29. The molecule has 0 bridgehead atoms. The van der Waals surface area contributed by atoms with Crippen LogP contribution in [0.4, 0.5) is 10.1 Å². The summed E-state index contributed by atoms with van der Waals surface area (Å²) in [4.78, 5) is 35.7. The molecule has 214 valence electrons. The number of benzene rings is 1. The number of halogens is 1. The van der Waals surface area contributed by atoms with Crippen LogP contribution in [0.1, 0.15) is 61.3 Å². The van der Waals surface area contributed by atoms with Gasteiger partial charge in [-0.3, -0.25) is 13.9 Å². The summed E-state index contributed by atoms with van der Waals surface area (Å²) in [6.45, 7) is 3.75. The van der Waals surface area contributed by atoms with Crippen LogP contribution in [0.2, 0.25) is 0 Å². The zero-order valence-corrected chi connectivity index (χ0v) is 24.0. The van der Waals surface area contributed by atoms with Gasteiger partial charge in [0.1, 0.15) is 17.3 Å². The number of Topliss-reactive ketones (excluding diaryl/α,β-unsaturated/α-hetero) is 1. The number of nitrogens with zero attached hydrogens (tertiary/aromatic N) is 5. The molecule has 1 saturated heterocycles. The Labute approximate surface area is 233 Å². The van der Waals surface area contributed by atoms with E-state index in [1.165, 1.54) is 19.2 Å². The molecule has 1 aliphatic carbocycles. The fourth-order valence-corrected chi connectivity index (χ4v) is 6.56.